The first-order valence-corrected chi connectivity index (χ1v) is 9.21. The second-order valence-electron chi connectivity index (χ2n) is 6.33. The highest BCUT2D eigenvalue weighted by Crippen LogP contribution is 2.31. The van der Waals surface area contributed by atoms with Crippen molar-refractivity contribution < 1.29 is 9.53 Å². The highest BCUT2D eigenvalue weighted by molar-refractivity contribution is 7.17. The van der Waals surface area contributed by atoms with E-state index in [1.54, 1.807) is 11.3 Å². The standard InChI is InChI=1S/C20H22N2O2S/c1-12-7-15(5-6-16-10-21-14(3)22-13(16)2)8-18-20(12)17(11-25-18)9-19(23)24-4/h7-8,10-11H,5-6,9H2,1-4H3. The highest BCUT2D eigenvalue weighted by atomic mass is 32.1. The molecule has 0 radical (unpaired) electrons. The molecule has 0 aliphatic heterocycles. The normalized spacial score (nSPS) is 11.0. The summed E-state index contributed by atoms with van der Waals surface area (Å²) in [7, 11) is 1.43. The maximum Gasteiger partial charge on any atom is 0.310 e. The van der Waals surface area contributed by atoms with Crippen molar-refractivity contribution in [1.82, 2.24) is 9.97 Å². The molecule has 0 spiro atoms. The van der Waals surface area contributed by atoms with E-state index >= 15 is 0 Å². The van der Waals surface area contributed by atoms with E-state index in [0.717, 1.165) is 29.9 Å². The van der Waals surface area contributed by atoms with E-state index in [-0.39, 0.29) is 5.97 Å². The van der Waals surface area contributed by atoms with Crippen molar-refractivity contribution in [2.45, 2.75) is 40.0 Å². The van der Waals surface area contributed by atoms with Crippen LogP contribution >= 0.6 is 11.3 Å². The van der Waals surface area contributed by atoms with Gasteiger partial charge in [-0.25, -0.2) is 9.97 Å². The molecule has 0 fully saturated rings. The summed E-state index contributed by atoms with van der Waals surface area (Å²) in [5.41, 5.74) is 5.82. The molecule has 0 atom stereocenters. The van der Waals surface area contributed by atoms with Crippen molar-refractivity contribution in [2.75, 3.05) is 7.11 Å². The summed E-state index contributed by atoms with van der Waals surface area (Å²) in [6, 6.07) is 4.46. The lowest BCUT2D eigenvalue weighted by atomic mass is 9.99. The van der Waals surface area contributed by atoms with Gasteiger partial charge in [0.1, 0.15) is 5.82 Å². The summed E-state index contributed by atoms with van der Waals surface area (Å²) in [5, 5.41) is 3.25. The summed E-state index contributed by atoms with van der Waals surface area (Å²) < 4.78 is 6.02. The van der Waals surface area contributed by atoms with Crippen LogP contribution in [0.25, 0.3) is 10.1 Å². The van der Waals surface area contributed by atoms with Gasteiger partial charge in [-0.05, 0) is 72.7 Å². The van der Waals surface area contributed by atoms with Gasteiger partial charge in [-0.2, -0.15) is 0 Å². The Balaban J connectivity index is 1.82. The number of fused-ring (bicyclic) bond motifs is 1. The predicted octanol–water partition coefficient (Wildman–Crippen LogP) is 4.12. The fraction of sp³-hybridized carbons (Fsp3) is 0.350. The van der Waals surface area contributed by atoms with Crippen molar-refractivity contribution in [3.8, 4) is 0 Å². The van der Waals surface area contributed by atoms with Gasteiger partial charge in [-0.3, -0.25) is 4.79 Å². The van der Waals surface area contributed by atoms with Crippen LogP contribution in [-0.2, 0) is 28.8 Å². The molecule has 3 rings (SSSR count). The topological polar surface area (TPSA) is 52.1 Å². The van der Waals surface area contributed by atoms with Crippen LogP contribution in [0.15, 0.2) is 23.7 Å². The van der Waals surface area contributed by atoms with E-state index in [0.29, 0.717) is 6.42 Å². The largest absolute Gasteiger partial charge is 0.469 e. The lowest BCUT2D eigenvalue weighted by molar-refractivity contribution is -0.139. The molecule has 5 heteroatoms. The Morgan fingerprint density at radius 3 is 2.68 bits per heavy atom. The van der Waals surface area contributed by atoms with Crippen LogP contribution in [0.2, 0.25) is 0 Å². The van der Waals surface area contributed by atoms with E-state index in [1.165, 1.54) is 33.9 Å². The number of benzene rings is 1. The molecule has 0 saturated carbocycles. The van der Waals surface area contributed by atoms with Crippen LogP contribution in [0.5, 0.6) is 0 Å². The van der Waals surface area contributed by atoms with Crippen LogP contribution in [-0.4, -0.2) is 23.0 Å². The molecule has 4 nitrogen and oxygen atoms in total. The van der Waals surface area contributed by atoms with Gasteiger partial charge in [0, 0.05) is 16.6 Å². The summed E-state index contributed by atoms with van der Waals surface area (Å²) >= 11 is 1.69. The van der Waals surface area contributed by atoms with Crippen molar-refractivity contribution in [1.29, 1.82) is 0 Å². The molecule has 0 N–H and O–H groups in total. The third-order valence-corrected chi connectivity index (χ3v) is 5.43. The number of hydrogen-bond acceptors (Lipinski definition) is 5. The van der Waals surface area contributed by atoms with E-state index in [4.69, 9.17) is 4.74 Å². The van der Waals surface area contributed by atoms with Crippen LogP contribution in [0.3, 0.4) is 0 Å². The number of carbonyl (C=O) groups is 1. The number of ether oxygens (including phenoxy) is 1. The smallest absolute Gasteiger partial charge is 0.310 e. The number of esters is 1. The monoisotopic (exact) mass is 354 g/mol. The Bertz CT molecular complexity index is 931. The molecular formula is C20H22N2O2S. The van der Waals surface area contributed by atoms with Gasteiger partial charge in [0.05, 0.1) is 13.5 Å². The molecule has 1 aromatic carbocycles. The number of thiophene rings is 1. The number of aryl methyl sites for hydroxylation is 5. The minimum absolute atomic E-state index is 0.196. The Hall–Kier alpha value is -2.27. The fourth-order valence-electron chi connectivity index (χ4n) is 3.16. The number of methoxy groups -OCH3 is 1. The molecule has 3 aromatic rings. The first-order valence-electron chi connectivity index (χ1n) is 8.33. The maximum atomic E-state index is 11.6. The van der Waals surface area contributed by atoms with Crippen LogP contribution < -0.4 is 0 Å². The van der Waals surface area contributed by atoms with Crippen molar-refractivity contribution >= 4 is 27.4 Å². The number of hydrogen-bond donors (Lipinski definition) is 0. The van der Waals surface area contributed by atoms with Gasteiger partial charge in [0.15, 0.2) is 0 Å². The van der Waals surface area contributed by atoms with Gasteiger partial charge in [0.25, 0.3) is 0 Å². The SMILES string of the molecule is COC(=O)Cc1csc2cc(CCc3cnc(C)nc3C)cc(C)c12. The van der Waals surface area contributed by atoms with Gasteiger partial charge >= 0.3 is 5.97 Å². The molecule has 0 bridgehead atoms. The molecule has 2 heterocycles. The second-order valence-corrected chi connectivity index (χ2v) is 7.24. The number of nitrogens with zero attached hydrogens (tertiary/aromatic N) is 2. The lowest BCUT2D eigenvalue weighted by Crippen LogP contribution is -2.04. The molecule has 2 aromatic heterocycles. The van der Waals surface area contributed by atoms with Crippen molar-refractivity contribution in [2.24, 2.45) is 0 Å². The number of rotatable bonds is 5. The summed E-state index contributed by atoms with van der Waals surface area (Å²) in [4.78, 5) is 20.3. The van der Waals surface area contributed by atoms with Crippen LogP contribution in [0, 0.1) is 20.8 Å². The Morgan fingerprint density at radius 1 is 1.16 bits per heavy atom. The Labute approximate surface area is 151 Å². The number of carbonyl (C=O) groups excluding carboxylic acids is 1. The molecule has 0 aliphatic rings. The zero-order valence-corrected chi connectivity index (χ0v) is 15.9. The van der Waals surface area contributed by atoms with E-state index < -0.39 is 0 Å². The molecule has 130 valence electrons. The Morgan fingerprint density at radius 2 is 1.96 bits per heavy atom. The molecule has 0 amide bonds. The quantitative estimate of drug-likeness (QED) is 0.647. The zero-order valence-electron chi connectivity index (χ0n) is 15.0. The molecular weight excluding hydrogens is 332 g/mol. The van der Waals surface area contributed by atoms with E-state index in [1.807, 2.05) is 20.0 Å². The minimum atomic E-state index is -0.196. The predicted molar refractivity (Wildman–Crippen MR) is 101 cm³/mol. The minimum Gasteiger partial charge on any atom is -0.469 e. The maximum absolute atomic E-state index is 11.6. The third-order valence-electron chi connectivity index (χ3n) is 4.46. The lowest BCUT2D eigenvalue weighted by Gasteiger charge is -2.08. The zero-order chi connectivity index (χ0) is 18.0. The average molecular weight is 354 g/mol. The molecule has 0 unspecified atom stereocenters. The first-order chi connectivity index (χ1) is 12.0. The fourth-order valence-corrected chi connectivity index (χ4v) is 4.26. The first kappa shape index (κ1) is 17.5. The Kier molecular flexibility index (Phi) is 5.13. The van der Waals surface area contributed by atoms with Crippen LogP contribution in [0.1, 0.15) is 33.8 Å². The van der Waals surface area contributed by atoms with Gasteiger partial charge < -0.3 is 4.74 Å². The number of aromatic nitrogens is 2. The molecule has 25 heavy (non-hydrogen) atoms. The summed E-state index contributed by atoms with van der Waals surface area (Å²) in [6.07, 6.45) is 4.14. The van der Waals surface area contributed by atoms with Gasteiger partial charge in [-0.15, -0.1) is 11.3 Å². The summed E-state index contributed by atoms with van der Waals surface area (Å²) in [6.45, 7) is 6.06. The molecule has 0 aliphatic carbocycles. The van der Waals surface area contributed by atoms with Crippen molar-refractivity contribution in [3.05, 3.63) is 57.5 Å². The highest BCUT2D eigenvalue weighted by Gasteiger charge is 2.12. The molecule has 0 saturated heterocycles. The van der Waals surface area contributed by atoms with Gasteiger partial charge in [-0.1, -0.05) is 6.07 Å². The van der Waals surface area contributed by atoms with E-state index in [9.17, 15) is 4.79 Å². The van der Waals surface area contributed by atoms with Gasteiger partial charge in [0.2, 0.25) is 0 Å². The van der Waals surface area contributed by atoms with Crippen molar-refractivity contribution in [3.63, 3.8) is 0 Å². The average Bonchev–Trinajstić information content (AvgIpc) is 2.97. The van der Waals surface area contributed by atoms with Crippen LogP contribution in [0.4, 0.5) is 0 Å². The van der Waals surface area contributed by atoms with E-state index in [2.05, 4.69) is 34.4 Å². The second kappa shape index (κ2) is 7.31. The third kappa shape index (κ3) is 3.87. The summed E-state index contributed by atoms with van der Waals surface area (Å²) in [5.74, 6) is 0.619.